The lowest BCUT2D eigenvalue weighted by Crippen LogP contribution is -2.03. The monoisotopic (exact) mass is 347 g/mol. The van der Waals surface area contributed by atoms with E-state index in [1.54, 1.807) is 32.0 Å². The van der Waals surface area contributed by atoms with Gasteiger partial charge in [-0.2, -0.15) is 5.26 Å². The molecule has 0 amide bonds. The van der Waals surface area contributed by atoms with Gasteiger partial charge >= 0.3 is 0 Å². The molecule has 2 aromatic carbocycles. The quantitative estimate of drug-likeness (QED) is 0.851. The Bertz CT molecular complexity index is 900. The van der Waals surface area contributed by atoms with Crippen molar-refractivity contribution in [1.82, 2.24) is 0 Å². The average molecular weight is 348 g/mol. The Morgan fingerprint density at radius 1 is 1.17 bits per heavy atom. The highest BCUT2D eigenvalue weighted by Crippen LogP contribution is 2.27. The number of aryl methyl sites for hydroxylation is 2. The first-order valence-electron chi connectivity index (χ1n) is 6.68. The van der Waals surface area contributed by atoms with Gasteiger partial charge in [0.15, 0.2) is 0 Å². The van der Waals surface area contributed by atoms with E-state index in [0.717, 1.165) is 0 Å². The molecule has 2 aromatic rings. The molecule has 0 bridgehead atoms. The first kappa shape index (κ1) is 17.1. The van der Waals surface area contributed by atoms with Gasteiger partial charge in [-0.25, -0.2) is 8.42 Å². The van der Waals surface area contributed by atoms with Gasteiger partial charge in [-0.1, -0.05) is 11.6 Å². The maximum atomic E-state index is 12.5. The van der Waals surface area contributed by atoms with Crippen LogP contribution in [-0.2, 0) is 9.84 Å². The zero-order valence-corrected chi connectivity index (χ0v) is 14.1. The summed E-state index contributed by atoms with van der Waals surface area (Å²) >= 11 is 5.76. The van der Waals surface area contributed by atoms with Crippen molar-refractivity contribution < 1.29 is 13.5 Å². The maximum absolute atomic E-state index is 12.5. The van der Waals surface area contributed by atoms with Gasteiger partial charge in [0.1, 0.15) is 16.7 Å². The molecule has 0 aliphatic carbocycles. The van der Waals surface area contributed by atoms with Crippen LogP contribution in [0.15, 0.2) is 46.2 Å². The number of nitrogens with zero attached hydrogens (tertiary/aromatic N) is 1. The lowest BCUT2D eigenvalue weighted by atomic mass is 10.1. The maximum Gasteiger partial charge on any atom is 0.216 e. The zero-order chi connectivity index (χ0) is 17.2. The van der Waals surface area contributed by atoms with Crippen molar-refractivity contribution in [3.63, 3.8) is 0 Å². The molecule has 118 valence electrons. The van der Waals surface area contributed by atoms with Gasteiger partial charge in [-0.15, -0.1) is 0 Å². The highest BCUT2D eigenvalue weighted by Gasteiger charge is 2.21. The molecule has 0 aromatic heterocycles. The van der Waals surface area contributed by atoms with Crippen molar-refractivity contribution in [2.75, 3.05) is 0 Å². The van der Waals surface area contributed by atoms with Crippen molar-refractivity contribution in [2.45, 2.75) is 18.7 Å². The van der Waals surface area contributed by atoms with Crippen LogP contribution in [0.4, 0.5) is 0 Å². The predicted octanol–water partition coefficient (Wildman–Crippen LogP) is 4.00. The Kier molecular flexibility index (Phi) is 4.79. The van der Waals surface area contributed by atoms with Crippen LogP contribution in [0.2, 0.25) is 5.02 Å². The first-order valence-corrected chi connectivity index (χ1v) is 8.54. The van der Waals surface area contributed by atoms with E-state index in [9.17, 15) is 18.8 Å². The number of nitriles is 1. The topological polar surface area (TPSA) is 78.2 Å². The van der Waals surface area contributed by atoms with Gasteiger partial charge in [-0.3, -0.25) is 0 Å². The number of sulfone groups is 1. The van der Waals surface area contributed by atoms with E-state index < -0.39 is 9.84 Å². The largest absolute Gasteiger partial charge is 0.507 e. The molecule has 2 rings (SSSR count). The summed E-state index contributed by atoms with van der Waals surface area (Å²) in [5, 5.41) is 19.4. The van der Waals surface area contributed by atoms with E-state index >= 15 is 0 Å². The molecule has 0 unspecified atom stereocenters. The third kappa shape index (κ3) is 3.55. The van der Waals surface area contributed by atoms with Crippen LogP contribution in [0.3, 0.4) is 0 Å². The van der Waals surface area contributed by atoms with E-state index in [2.05, 4.69) is 0 Å². The van der Waals surface area contributed by atoms with E-state index in [4.69, 9.17) is 11.6 Å². The smallest absolute Gasteiger partial charge is 0.216 e. The predicted molar refractivity (Wildman–Crippen MR) is 89.8 cm³/mol. The standard InChI is InChI=1S/C17H14ClNO3S/c1-11-7-13(8-12(2)17(11)20)9-16(10-19)23(21,22)15-5-3-14(18)4-6-15/h3-9,20H,1-2H3. The molecule has 0 atom stereocenters. The van der Waals surface area contributed by atoms with Crippen LogP contribution in [-0.4, -0.2) is 13.5 Å². The van der Waals surface area contributed by atoms with Crippen LogP contribution in [0.5, 0.6) is 5.75 Å². The van der Waals surface area contributed by atoms with Crippen molar-refractivity contribution in [1.29, 1.82) is 5.26 Å². The normalized spacial score (nSPS) is 12.0. The number of allylic oxidation sites excluding steroid dienone is 1. The molecule has 0 spiro atoms. The third-order valence-electron chi connectivity index (χ3n) is 3.33. The molecular formula is C17H14ClNO3S. The minimum absolute atomic E-state index is 0.00178. The Morgan fingerprint density at radius 2 is 1.70 bits per heavy atom. The number of aromatic hydroxyl groups is 1. The number of phenols is 1. The molecule has 0 aliphatic rings. The second kappa shape index (κ2) is 6.45. The van der Waals surface area contributed by atoms with Gasteiger partial charge < -0.3 is 5.11 Å². The second-order valence-corrected chi connectivity index (χ2v) is 7.44. The number of halogens is 1. The first-order chi connectivity index (χ1) is 10.8. The summed E-state index contributed by atoms with van der Waals surface area (Å²) in [5.74, 6) is 0.154. The summed E-state index contributed by atoms with van der Waals surface area (Å²) in [4.78, 5) is -0.369. The van der Waals surface area contributed by atoms with E-state index in [1.165, 1.54) is 30.3 Å². The molecular weight excluding hydrogens is 334 g/mol. The lowest BCUT2D eigenvalue weighted by molar-refractivity contribution is 0.467. The summed E-state index contributed by atoms with van der Waals surface area (Å²) < 4.78 is 25.1. The molecule has 23 heavy (non-hydrogen) atoms. The van der Waals surface area contributed by atoms with Crippen LogP contribution < -0.4 is 0 Å². The summed E-state index contributed by atoms with van der Waals surface area (Å²) in [5.41, 5.74) is 1.75. The highest BCUT2D eigenvalue weighted by molar-refractivity contribution is 7.95. The lowest BCUT2D eigenvalue weighted by Gasteiger charge is -2.06. The van der Waals surface area contributed by atoms with Gasteiger partial charge in [0.05, 0.1) is 4.90 Å². The van der Waals surface area contributed by atoms with Crippen molar-refractivity contribution in [3.8, 4) is 11.8 Å². The van der Waals surface area contributed by atoms with Crippen LogP contribution in [0.25, 0.3) is 6.08 Å². The van der Waals surface area contributed by atoms with Crippen LogP contribution in [0, 0.1) is 25.2 Å². The molecule has 6 heteroatoms. The van der Waals surface area contributed by atoms with Crippen molar-refractivity contribution in [3.05, 3.63) is 63.0 Å². The highest BCUT2D eigenvalue weighted by atomic mass is 35.5. The molecule has 0 radical (unpaired) electrons. The molecule has 0 aliphatic heterocycles. The fourth-order valence-electron chi connectivity index (χ4n) is 2.13. The fourth-order valence-corrected chi connectivity index (χ4v) is 3.42. The Morgan fingerprint density at radius 3 is 2.17 bits per heavy atom. The molecule has 0 saturated heterocycles. The number of rotatable bonds is 3. The summed E-state index contributed by atoms with van der Waals surface area (Å²) in [6.07, 6.45) is 1.30. The minimum Gasteiger partial charge on any atom is -0.507 e. The van der Waals surface area contributed by atoms with E-state index in [-0.39, 0.29) is 15.6 Å². The summed E-state index contributed by atoms with van der Waals surface area (Å²) in [6, 6.07) is 10.6. The number of benzene rings is 2. The number of phenolic OH excluding ortho intramolecular Hbond substituents is 1. The van der Waals surface area contributed by atoms with Crippen molar-refractivity contribution >= 4 is 27.5 Å². The number of hydrogen-bond donors (Lipinski definition) is 1. The van der Waals surface area contributed by atoms with Gasteiger partial charge in [-0.05, 0) is 73.0 Å². The fraction of sp³-hybridized carbons (Fsp3) is 0.118. The van der Waals surface area contributed by atoms with E-state index in [1.807, 2.05) is 0 Å². The molecule has 4 nitrogen and oxygen atoms in total. The summed E-state index contributed by atoms with van der Waals surface area (Å²) in [6.45, 7) is 3.42. The van der Waals surface area contributed by atoms with E-state index in [0.29, 0.717) is 21.7 Å². The minimum atomic E-state index is -3.92. The van der Waals surface area contributed by atoms with Gasteiger partial charge in [0, 0.05) is 5.02 Å². The zero-order valence-electron chi connectivity index (χ0n) is 12.5. The molecule has 0 heterocycles. The van der Waals surface area contributed by atoms with Crippen LogP contribution in [0.1, 0.15) is 16.7 Å². The Labute approximate surface area is 140 Å². The van der Waals surface area contributed by atoms with Crippen LogP contribution >= 0.6 is 11.6 Å². The molecule has 0 fully saturated rings. The van der Waals surface area contributed by atoms with Crippen molar-refractivity contribution in [2.24, 2.45) is 0 Å². The van der Waals surface area contributed by atoms with Gasteiger partial charge in [0.2, 0.25) is 9.84 Å². The Hall–Kier alpha value is -2.29. The average Bonchev–Trinajstić information content (AvgIpc) is 2.50. The number of hydrogen-bond acceptors (Lipinski definition) is 4. The summed E-state index contributed by atoms with van der Waals surface area (Å²) in [7, 11) is -3.92. The van der Waals surface area contributed by atoms with Gasteiger partial charge in [0.25, 0.3) is 0 Å². The molecule has 1 N–H and O–H groups in total. The second-order valence-electron chi connectivity index (χ2n) is 5.08. The molecule has 0 saturated carbocycles. The SMILES string of the molecule is Cc1cc(C=C(C#N)S(=O)(=O)c2ccc(Cl)cc2)cc(C)c1O. The Balaban J connectivity index is 2.55. The third-order valence-corrected chi connectivity index (χ3v) is 5.27.